The fraction of sp³-hybridized carbons (Fsp3) is 0.356. The number of anilines is 2. The summed E-state index contributed by atoms with van der Waals surface area (Å²) in [4.78, 5) is 28.3. The van der Waals surface area contributed by atoms with Gasteiger partial charge in [-0.05, 0) is 101 Å². The average Bonchev–Trinajstić information content (AvgIpc) is 3.48. The SMILES string of the molecule is COc1ccc(COCC2OCC(NC(=O)Nc3cccc(C(F)(F)F)c3)[C@@H](O[C@@H]3OC(COCc4ccc(OC)cc4)[C@H](OCc4ccc(OC)cc4)[C@H](OCc4ccc(OC)cc4)C3NC(=O)Nc3cccc(O)c3)[C@H]2N)cc1. The largest absolute Gasteiger partial charge is 0.508 e. The number of carbonyl (C=O) groups excluding carboxylic acids is 2. The topological polar surface area (TPSA) is 230 Å². The number of methoxy groups -OCH3 is 4. The van der Waals surface area contributed by atoms with Gasteiger partial charge in [0.2, 0.25) is 0 Å². The number of ether oxygens (including phenoxy) is 11. The molecule has 4 amide bonds. The van der Waals surface area contributed by atoms with Crippen LogP contribution in [-0.4, -0.2) is 120 Å². The molecule has 0 bridgehead atoms. The summed E-state index contributed by atoms with van der Waals surface area (Å²) in [7, 11) is 6.25. The van der Waals surface area contributed by atoms with Crippen LogP contribution in [0.3, 0.4) is 0 Å². The van der Waals surface area contributed by atoms with Crippen molar-refractivity contribution < 1.29 is 80.0 Å². The molecule has 2 saturated heterocycles. The summed E-state index contributed by atoms with van der Waals surface area (Å²) in [5.41, 5.74) is 9.40. The van der Waals surface area contributed by atoms with Gasteiger partial charge in [-0.25, -0.2) is 9.59 Å². The summed E-state index contributed by atoms with van der Waals surface area (Å²) in [5, 5.41) is 21.4. The molecule has 81 heavy (non-hydrogen) atoms. The summed E-state index contributed by atoms with van der Waals surface area (Å²) in [6, 6.07) is 34.0. The minimum atomic E-state index is -4.68. The van der Waals surface area contributed by atoms with Gasteiger partial charge in [0.25, 0.3) is 0 Å². The van der Waals surface area contributed by atoms with Gasteiger partial charge in [0.1, 0.15) is 59.2 Å². The molecule has 9 atom stereocenters. The molecule has 6 aromatic rings. The Hall–Kier alpha value is -7.67. The number of halogens is 3. The molecule has 0 saturated carbocycles. The Morgan fingerprint density at radius 2 is 1.04 bits per heavy atom. The maximum absolute atomic E-state index is 14.4. The summed E-state index contributed by atoms with van der Waals surface area (Å²) < 4.78 is 109. The Morgan fingerprint density at radius 3 is 1.53 bits per heavy atom. The summed E-state index contributed by atoms with van der Waals surface area (Å²) in [6.45, 7) is -0.106. The predicted molar refractivity (Wildman–Crippen MR) is 291 cm³/mol. The molecule has 6 aromatic carbocycles. The van der Waals surface area contributed by atoms with Crippen LogP contribution in [0.2, 0.25) is 0 Å². The third kappa shape index (κ3) is 16.9. The maximum Gasteiger partial charge on any atom is 0.416 e. The van der Waals surface area contributed by atoms with Crippen molar-refractivity contribution >= 4 is 23.4 Å². The number of urea groups is 2. The van der Waals surface area contributed by atoms with Gasteiger partial charge in [0.15, 0.2) is 6.29 Å². The molecular weight excluding hydrogens is 1060 g/mol. The second-order valence-corrected chi connectivity index (χ2v) is 19.0. The second kappa shape index (κ2) is 28.7. The van der Waals surface area contributed by atoms with Crippen molar-refractivity contribution in [3.8, 4) is 28.7 Å². The van der Waals surface area contributed by atoms with Crippen LogP contribution in [-0.2, 0) is 65.8 Å². The van der Waals surface area contributed by atoms with Gasteiger partial charge < -0.3 is 84.2 Å². The van der Waals surface area contributed by atoms with Crippen molar-refractivity contribution in [1.29, 1.82) is 0 Å². The fourth-order valence-electron chi connectivity index (χ4n) is 9.11. The van der Waals surface area contributed by atoms with E-state index in [0.717, 1.165) is 34.4 Å². The Morgan fingerprint density at radius 1 is 0.580 bits per heavy atom. The lowest BCUT2D eigenvalue weighted by Crippen LogP contribution is -2.70. The highest BCUT2D eigenvalue weighted by Crippen LogP contribution is 2.34. The first-order valence-corrected chi connectivity index (χ1v) is 25.9. The van der Waals surface area contributed by atoms with E-state index in [1.807, 2.05) is 48.5 Å². The van der Waals surface area contributed by atoms with Gasteiger partial charge in [-0.3, -0.25) is 0 Å². The number of phenolic OH excluding ortho intramolecular Hbond substituents is 1. The van der Waals surface area contributed by atoms with E-state index < -0.39 is 78.7 Å². The number of benzene rings is 6. The van der Waals surface area contributed by atoms with E-state index in [0.29, 0.717) is 23.0 Å². The number of hydrogen-bond acceptors (Lipinski definition) is 15. The van der Waals surface area contributed by atoms with Crippen molar-refractivity contribution in [2.45, 2.75) is 87.5 Å². The zero-order chi connectivity index (χ0) is 57.3. The quantitative estimate of drug-likeness (QED) is 0.0334. The molecule has 2 aliphatic heterocycles. The Labute approximate surface area is 467 Å². The molecule has 0 spiro atoms. The number of amides is 4. The summed E-state index contributed by atoms with van der Waals surface area (Å²) in [6.07, 6.45) is -11.5. The molecule has 19 nitrogen and oxygen atoms in total. The first kappa shape index (κ1) is 59.5. The van der Waals surface area contributed by atoms with Crippen LogP contribution in [0.5, 0.6) is 28.7 Å². The number of carbonyl (C=O) groups is 2. The van der Waals surface area contributed by atoms with Crippen LogP contribution in [0.15, 0.2) is 146 Å². The number of nitrogens with one attached hydrogen (secondary N) is 4. The van der Waals surface area contributed by atoms with Crippen molar-refractivity contribution in [3.05, 3.63) is 173 Å². The van der Waals surface area contributed by atoms with E-state index >= 15 is 0 Å². The van der Waals surface area contributed by atoms with Crippen LogP contribution < -0.4 is 45.9 Å². The Bertz CT molecular complexity index is 2930. The van der Waals surface area contributed by atoms with Crippen LogP contribution in [0.1, 0.15) is 27.8 Å². The van der Waals surface area contributed by atoms with E-state index in [1.54, 1.807) is 89.1 Å². The standard InChI is InChI=1S/C59H66F3N5O14/c1-71-44-19-11-36(12-20-44)29-75-34-49-51(63)53(48(33-77-49)66-57(69)64-41-8-5-7-40(27-41)59(60,61)62)81-56-52(67-58(70)65-42-9-6-10-43(68)28-42)55(79-32-39-17-25-47(74-4)26-18-39)54(78-31-38-15-23-46(73-3)24-16-38)50(80-56)35-76-30-37-13-21-45(72-2)22-14-37/h5-28,48-56,68H,29-35,63H2,1-4H3,(H2,64,66,69)(H2,65,67,70)/t48?,49?,50?,51-,52?,53+,54-,55+,56-/m0/s1. The summed E-state index contributed by atoms with van der Waals surface area (Å²) in [5.74, 6) is 2.46. The zero-order valence-corrected chi connectivity index (χ0v) is 45.0. The summed E-state index contributed by atoms with van der Waals surface area (Å²) >= 11 is 0. The van der Waals surface area contributed by atoms with Gasteiger partial charge in [0.05, 0.1) is 98.4 Å². The second-order valence-electron chi connectivity index (χ2n) is 19.0. The minimum Gasteiger partial charge on any atom is -0.508 e. The highest BCUT2D eigenvalue weighted by Gasteiger charge is 2.52. The lowest BCUT2D eigenvalue weighted by molar-refractivity contribution is -0.308. The van der Waals surface area contributed by atoms with Crippen LogP contribution >= 0.6 is 0 Å². The minimum absolute atomic E-state index is 0.0269. The van der Waals surface area contributed by atoms with Crippen molar-refractivity contribution in [2.24, 2.45) is 5.73 Å². The van der Waals surface area contributed by atoms with Gasteiger partial charge >= 0.3 is 18.2 Å². The smallest absolute Gasteiger partial charge is 0.416 e. The van der Waals surface area contributed by atoms with E-state index in [9.17, 15) is 27.9 Å². The van der Waals surface area contributed by atoms with Gasteiger partial charge in [-0.1, -0.05) is 60.7 Å². The highest BCUT2D eigenvalue weighted by molar-refractivity contribution is 5.90. The maximum atomic E-state index is 14.4. The van der Waals surface area contributed by atoms with E-state index in [1.165, 1.54) is 24.3 Å². The molecule has 432 valence electrons. The highest BCUT2D eigenvalue weighted by atomic mass is 19.4. The first-order chi connectivity index (χ1) is 39.2. The Balaban J connectivity index is 1.16. The zero-order valence-electron chi connectivity index (χ0n) is 45.0. The van der Waals surface area contributed by atoms with Crippen LogP contribution in [0, 0.1) is 0 Å². The number of phenols is 1. The van der Waals surface area contributed by atoms with E-state index in [2.05, 4.69) is 21.3 Å². The Kier molecular flexibility index (Phi) is 21.0. The predicted octanol–water partition coefficient (Wildman–Crippen LogP) is 8.57. The lowest BCUT2D eigenvalue weighted by atomic mass is 9.93. The molecule has 0 radical (unpaired) electrons. The van der Waals surface area contributed by atoms with E-state index in [4.69, 9.17) is 57.8 Å². The van der Waals surface area contributed by atoms with E-state index in [-0.39, 0.29) is 63.4 Å². The molecular formula is C59H66F3N5O14. The molecule has 7 N–H and O–H groups in total. The number of alkyl halides is 3. The van der Waals surface area contributed by atoms with Crippen LogP contribution in [0.25, 0.3) is 0 Å². The molecule has 2 aliphatic rings. The molecule has 4 unspecified atom stereocenters. The molecule has 0 aromatic heterocycles. The molecule has 2 fully saturated rings. The first-order valence-electron chi connectivity index (χ1n) is 25.9. The number of aromatic hydroxyl groups is 1. The van der Waals surface area contributed by atoms with Crippen LogP contribution in [0.4, 0.5) is 34.1 Å². The normalized spacial score (nSPS) is 21.8. The average molecular weight is 1130 g/mol. The number of rotatable bonds is 24. The lowest BCUT2D eigenvalue weighted by Gasteiger charge is -2.49. The van der Waals surface area contributed by atoms with Gasteiger partial charge in [-0.2, -0.15) is 13.2 Å². The monoisotopic (exact) mass is 1130 g/mol. The molecule has 22 heteroatoms. The third-order valence-electron chi connectivity index (χ3n) is 13.4. The number of nitrogens with two attached hydrogens (primary N) is 1. The van der Waals surface area contributed by atoms with Gasteiger partial charge in [0, 0.05) is 17.4 Å². The van der Waals surface area contributed by atoms with Crippen molar-refractivity contribution in [1.82, 2.24) is 10.6 Å². The molecule has 8 rings (SSSR count). The third-order valence-corrected chi connectivity index (χ3v) is 13.4. The van der Waals surface area contributed by atoms with Crippen molar-refractivity contribution in [2.75, 3.05) is 58.9 Å². The van der Waals surface area contributed by atoms with Gasteiger partial charge in [-0.15, -0.1) is 0 Å². The number of hydrogen-bond donors (Lipinski definition) is 6. The van der Waals surface area contributed by atoms with Crippen molar-refractivity contribution in [3.63, 3.8) is 0 Å². The molecule has 2 heterocycles. The molecule has 0 aliphatic carbocycles. The fourth-order valence-corrected chi connectivity index (χ4v) is 9.11.